The second kappa shape index (κ2) is 11.7. The lowest BCUT2D eigenvalue weighted by atomic mass is 10.2. The molecule has 0 amide bonds. The smallest absolute Gasteiger partial charge is 0.240 e. The summed E-state index contributed by atoms with van der Waals surface area (Å²) in [6.45, 7) is 2.81. The minimum Gasteiger partial charge on any atom is -0.383 e. The molecule has 1 heterocycles. The zero-order valence-electron chi connectivity index (χ0n) is 15.2. The molecule has 0 aromatic heterocycles. The van der Waals surface area contributed by atoms with Gasteiger partial charge in [0, 0.05) is 26.7 Å². The number of methoxy groups -OCH3 is 1. The van der Waals surface area contributed by atoms with Crippen LogP contribution in [0.1, 0.15) is 31.2 Å². The van der Waals surface area contributed by atoms with Crippen LogP contribution in [0.25, 0.3) is 0 Å². The Morgan fingerprint density at radius 3 is 2.62 bits per heavy atom. The van der Waals surface area contributed by atoms with E-state index in [1.165, 1.54) is 20.0 Å². The molecule has 3 N–H and O–H groups in total. The molecule has 0 unspecified atom stereocenters. The highest BCUT2D eigenvalue weighted by molar-refractivity contribution is 14.0. The summed E-state index contributed by atoms with van der Waals surface area (Å²) < 4.78 is 31.9. The van der Waals surface area contributed by atoms with Crippen LogP contribution in [0.5, 0.6) is 0 Å². The molecule has 1 aromatic rings. The summed E-state index contributed by atoms with van der Waals surface area (Å²) in [6.07, 6.45) is 4.74. The molecule has 1 fully saturated rings. The number of aliphatic imine (C=N–C) groups is 1. The third-order valence-electron chi connectivity index (χ3n) is 4.16. The van der Waals surface area contributed by atoms with Crippen molar-refractivity contribution in [1.29, 1.82) is 0 Å². The maximum absolute atomic E-state index is 12.2. The minimum absolute atomic E-state index is 0. The standard InChI is InChI=1S/C17H28N4O3S.HI/c1-24-12-9-20-25(22,23)16-8-6-7-15(13-16)14-19-17(18)21-10-4-2-3-5-11-21;/h6-8,13,20H,2-5,9-12,14H2,1H3,(H2,18,19);1H. The fourth-order valence-electron chi connectivity index (χ4n) is 2.74. The van der Waals surface area contributed by atoms with Crippen molar-refractivity contribution in [2.75, 3.05) is 33.4 Å². The highest BCUT2D eigenvalue weighted by atomic mass is 127. The van der Waals surface area contributed by atoms with Crippen molar-refractivity contribution >= 4 is 40.0 Å². The number of rotatable bonds is 7. The summed E-state index contributed by atoms with van der Waals surface area (Å²) in [5.74, 6) is 0.536. The van der Waals surface area contributed by atoms with Crippen LogP contribution in [0.15, 0.2) is 34.2 Å². The molecule has 0 bridgehead atoms. The molecular weight excluding hydrogens is 467 g/mol. The summed E-state index contributed by atoms with van der Waals surface area (Å²) in [5, 5.41) is 0. The Bertz CT molecular complexity index is 674. The second-order valence-corrected chi connectivity index (χ2v) is 7.88. The summed E-state index contributed by atoms with van der Waals surface area (Å²) in [4.78, 5) is 6.78. The van der Waals surface area contributed by atoms with E-state index in [4.69, 9.17) is 10.5 Å². The average molecular weight is 496 g/mol. The summed E-state index contributed by atoms with van der Waals surface area (Å²) in [5.41, 5.74) is 6.91. The van der Waals surface area contributed by atoms with Gasteiger partial charge in [0.25, 0.3) is 0 Å². The SMILES string of the molecule is COCCNS(=O)(=O)c1cccc(CN=C(N)N2CCCCCC2)c1.I. The van der Waals surface area contributed by atoms with Gasteiger partial charge in [0.05, 0.1) is 18.0 Å². The van der Waals surface area contributed by atoms with Gasteiger partial charge in [-0.3, -0.25) is 0 Å². The predicted octanol–water partition coefficient (Wildman–Crippen LogP) is 1.92. The fraction of sp³-hybridized carbons (Fsp3) is 0.588. The minimum atomic E-state index is -3.54. The van der Waals surface area contributed by atoms with Crippen molar-refractivity contribution in [1.82, 2.24) is 9.62 Å². The molecule has 9 heteroatoms. The Kier molecular flexibility index (Phi) is 10.4. The molecule has 7 nitrogen and oxygen atoms in total. The van der Waals surface area contributed by atoms with Gasteiger partial charge in [0.1, 0.15) is 0 Å². The van der Waals surface area contributed by atoms with Crippen molar-refractivity contribution in [3.8, 4) is 0 Å². The summed E-state index contributed by atoms with van der Waals surface area (Å²) >= 11 is 0. The highest BCUT2D eigenvalue weighted by Crippen LogP contribution is 2.13. The number of nitrogens with two attached hydrogens (primary N) is 1. The van der Waals surface area contributed by atoms with Gasteiger partial charge in [-0.15, -0.1) is 24.0 Å². The molecule has 148 valence electrons. The van der Waals surface area contributed by atoms with Gasteiger partial charge < -0.3 is 15.4 Å². The van der Waals surface area contributed by atoms with E-state index < -0.39 is 10.0 Å². The lowest BCUT2D eigenvalue weighted by Gasteiger charge is -2.21. The first-order chi connectivity index (χ1) is 12.0. The third kappa shape index (κ3) is 7.37. The summed E-state index contributed by atoms with van der Waals surface area (Å²) in [6, 6.07) is 6.78. The van der Waals surface area contributed by atoms with Crippen LogP contribution >= 0.6 is 24.0 Å². The quantitative estimate of drug-likeness (QED) is 0.260. The van der Waals surface area contributed by atoms with Crippen molar-refractivity contribution in [3.63, 3.8) is 0 Å². The predicted molar refractivity (Wildman–Crippen MR) is 114 cm³/mol. The molecule has 1 saturated heterocycles. The zero-order valence-corrected chi connectivity index (χ0v) is 18.3. The first kappa shape index (κ1) is 23.1. The van der Waals surface area contributed by atoms with Gasteiger partial charge in [-0.05, 0) is 30.5 Å². The van der Waals surface area contributed by atoms with Crippen LogP contribution in [-0.2, 0) is 21.3 Å². The Labute approximate surface area is 173 Å². The van der Waals surface area contributed by atoms with E-state index in [1.807, 2.05) is 6.07 Å². The monoisotopic (exact) mass is 496 g/mol. The first-order valence-electron chi connectivity index (χ1n) is 8.65. The van der Waals surface area contributed by atoms with E-state index in [0.29, 0.717) is 19.1 Å². The topological polar surface area (TPSA) is 97.0 Å². The highest BCUT2D eigenvalue weighted by Gasteiger charge is 2.14. The van der Waals surface area contributed by atoms with Gasteiger partial charge in [-0.2, -0.15) is 0 Å². The molecule has 1 aliphatic heterocycles. The molecular formula is C17H29IN4O3S. The van der Waals surface area contributed by atoms with Gasteiger partial charge in [0.15, 0.2) is 5.96 Å². The van der Waals surface area contributed by atoms with E-state index in [-0.39, 0.29) is 35.4 Å². The van der Waals surface area contributed by atoms with Crippen molar-refractivity contribution in [2.45, 2.75) is 37.1 Å². The van der Waals surface area contributed by atoms with Crippen LogP contribution in [0.3, 0.4) is 0 Å². The van der Waals surface area contributed by atoms with E-state index >= 15 is 0 Å². The van der Waals surface area contributed by atoms with Crippen LogP contribution in [0.4, 0.5) is 0 Å². The van der Waals surface area contributed by atoms with E-state index in [1.54, 1.807) is 18.2 Å². The third-order valence-corrected chi connectivity index (χ3v) is 5.62. The Balaban J connectivity index is 0.00000338. The number of sulfonamides is 1. The van der Waals surface area contributed by atoms with Crippen LogP contribution in [-0.4, -0.2) is 52.6 Å². The number of hydrogen-bond acceptors (Lipinski definition) is 4. The molecule has 0 radical (unpaired) electrons. The molecule has 2 rings (SSSR count). The van der Waals surface area contributed by atoms with Crippen LogP contribution < -0.4 is 10.5 Å². The van der Waals surface area contributed by atoms with Gasteiger partial charge in [-0.25, -0.2) is 18.1 Å². The van der Waals surface area contributed by atoms with E-state index in [2.05, 4.69) is 14.6 Å². The Morgan fingerprint density at radius 2 is 1.96 bits per heavy atom. The number of ether oxygens (including phenoxy) is 1. The fourth-order valence-corrected chi connectivity index (χ4v) is 3.83. The maximum Gasteiger partial charge on any atom is 0.240 e. The molecule has 26 heavy (non-hydrogen) atoms. The number of halogens is 1. The molecule has 0 spiro atoms. The molecule has 0 atom stereocenters. The lowest BCUT2D eigenvalue weighted by molar-refractivity contribution is 0.204. The molecule has 1 aromatic carbocycles. The first-order valence-corrected chi connectivity index (χ1v) is 10.1. The van der Waals surface area contributed by atoms with Crippen LogP contribution in [0, 0.1) is 0 Å². The van der Waals surface area contributed by atoms with Gasteiger partial charge in [0.2, 0.25) is 10.0 Å². The largest absolute Gasteiger partial charge is 0.383 e. The zero-order chi connectivity index (χ0) is 18.1. The molecule has 1 aliphatic rings. The Hall–Kier alpha value is -0.910. The number of guanidine groups is 1. The molecule has 0 saturated carbocycles. The normalized spacial score (nSPS) is 16.0. The van der Waals surface area contributed by atoms with Crippen molar-refractivity contribution in [3.05, 3.63) is 29.8 Å². The number of nitrogens with zero attached hydrogens (tertiary/aromatic N) is 2. The van der Waals surface area contributed by atoms with Crippen molar-refractivity contribution in [2.24, 2.45) is 10.7 Å². The number of nitrogens with one attached hydrogen (secondary N) is 1. The van der Waals surface area contributed by atoms with Gasteiger partial charge >= 0.3 is 0 Å². The average Bonchev–Trinajstić information content (AvgIpc) is 2.89. The Morgan fingerprint density at radius 1 is 1.27 bits per heavy atom. The number of likely N-dealkylation sites (tertiary alicyclic amines) is 1. The van der Waals surface area contributed by atoms with E-state index in [9.17, 15) is 8.42 Å². The van der Waals surface area contributed by atoms with Crippen LogP contribution in [0.2, 0.25) is 0 Å². The van der Waals surface area contributed by atoms with Gasteiger partial charge in [-0.1, -0.05) is 25.0 Å². The summed E-state index contributed by atoms with van der Waals surface area (Å²) in [7, 11) is -2.01. The lowest BCUT2D eigenvalue weighted by Crippen LogP contribution is -2.38. The number of hydrogen-bond donors (Lipinski definition) is 2. The van der Waals surface area contributed by atoms with Crippen molar-refractivity contribution < 1.29 is 13.2 Å². The molecule has 0 aliphatic carbocycles. The second-order valence-electron chi connectivity index (χ2n) is 6.11. The van der Waals surface area contributed by atoms with E-state index in [0.717, 1.165) is 31.5 Å². The maximum atomic E-state index is 12.2. The number of benzene rings is 1.